The maximum absolute atomic E-state index is 13.7. The van der Waals surface area contributed by atoms with Crippen LogP contribution in [0.4, 0.5) is 5.69 Å². The Kier molecular flexibility index (Phi) is 4.74. The summed E-state index contributed by atoms with van der Waals surface area (Å²) in [5.74, 6) is -0.598. The van der Waals surface area contributed by atoms with Crippen LogP contribution >= 0.6 is 0 Å². The van der Waals surface area contributed by atoms with Gasteiger partial charge in [0.05, 0.1) is 17.5 Å². The highest BCUT2D eigenvalue weighted by molar-refractivity contribution is 6.22. The number of anilines is 1. The van der Waals surface area contributed by atoms with Crippen molar-refractivity contribution in [2.24, 2.45) is 11.8 Å². The van der Waals surface area contributed by atoms with Crippen LogP contribution in [0.2, 0.25) is 0 Å². The molecule has 3 aromatic carbocycles. The predicted molar refractivity (Wildman–Crippen MR) is 118 cm³/mol. The summed E-state index contributed by atoms with van der Waals surface area (Å²) in [6, 6.07) is 28.2. The minimum Gasteiger partial charge on any atom is -0.274 e. The first-order valence-corrected chi connectivity index (χ1v) is 10.7. The maximum Gasteiger partial charge on any atom is 0.238 e. The number of aryl methyl sites for hydroxylation is 1. The van der Waals surface area contributed by atoms with E-state index in [0.29, 0.717) is 5.69 Å². The van der Waals surface area contributed by atoms with Crippen molar-refractivity contribution in [2.45, 2.75) is 31.6 Å². The molecule has 4 atom stereocenters. The van der Waals surface area contributed by atoms with E-state index in [9.17, 15) is 9.59 Å². The van der Waals surface area contributed by atoms with Crippen molar-refractivity contribution in [1.82, 2.24) is 0 Å². The van der Waals surface area contributed by atoms with Gasteiger partial charge in [-0.1, -0.05) is 72.8 Å². The molecule has 4 unspecified atom stereocenters. The van der Waals surface area contributed by atoms with Crippen LogP contribution in [0.25, 0.3) is 0 Å². The Hall–Kier alpha value is -3.20. The zero-order chi connectivity index (χ0) is 20.7. The molecule has 1 saturated heterocycles. The normalized spacial score (nSPS) is 26.0. The molecule has 3 heteroatoms. The molecule has 3 nitrogen and oxygen atoms in total. The minimum atomic E-state index is -0.320. The molecule has 3 aromatic rings. The van der Waals surface area contributed by atoms with Gasteiger partial charge in [-0.3, -0.25) is 14.5 Å². The number of fused-ring (bicyclic) bond motifs is 1. The van der Waals surface area contributed by atoms with Crippen molar-refractivity contribution in [3.05, 3.63) is 102 Å². The molecule has 1 saturated carbocycles. The highest BCUT2D eigenvalue weighted by Crippen LogP contribution is 2.53. The Morgan fingerprint density at radius 3 is 1.63 bits per heavy atom. The fourth-order valence-corrected chi connectivity index (χ4v) is 5.45. The quantitative estimate of drug-likeness (QED) is 0.552. The molecule has 30 heavy (non-hydrogen) atoms. The first-order chi connectivity index (χ1) is 14.6. The monoisotopic (exact) mass is 395 g/mol. The SMILES string of the molecule is Cc1cccc(N2C(=O)C3C(c4ccccc4)CCC(c4ccccc4)C3C2=O)c1. The van der Waals surface area contributed by atoms with Gasteiger partial charge >= 0.3 is 0 Å². The lowest BCUT2D eigenvalue weighted by Crippen LogP contribution is -2.34. The standard InChI is InChI=1S/C27H25NO2/c1-18-9-8-14-21(17-18)28-26(29)24-22(19-10-4-2-5-11-19)15-16-23(25(24)27(28)30)20-12-6-3-7-13-20/h2-14,17,22-25H,15-16H2,1H3. The first kappa shape index (κ1) is 18.8. The molecule has 0 bridgehead atoms. The van der Waals surface area contributed by atoms with Gasteiger partial charge in [-0.15, -0.1) is 0 Å². The second-order valence-electron chi connectivity index (χ2n) is 8.51. The van der Waals surface area contributed by atoms with Crippen LogP contribution in [-0.4, -0.2) is 11.8 Å². The summed E-state index contributed by atoms with van der Waals surface area (Å²) in [7, 11) is 0. The van der Waals surface area contributed by atoms with Crippen LogP contribution in [0.1, 0.15) is 41.4 Å². The van der Waals surface area contributed by atoms with E-state index in [1.165, 1.54) is 4.90 Å². The molecule has 150 valence electrons. The van der Waals surface area contributed by atoms with Crippen molar-refractivity contribution in [2.75, 3.05) is 4.90 Å². The Morgan fingerprint density at radius 2 is 1.17 bits per heavy atom. The number of carbonyl (C=O) groups is 2. The van der Waals surface area contributed by atoms with E-state index in [1.54, 1.807) is 0 Å². The van der Waals surface area contributed by atoms with E-state index in [0.717, 1.165) is 29.5 Å². The van der Waals surface area contributed by atoms with Gasteiger partial charge in [0.25, 0.3) is 0 Å². The van der Waals surface area contributed by atoms with Gasteiger partial charge in [0.15, 0.2) is 0 Å². The molecule has 5 rings (SSSR count). The highest BCUT2D eigenvalue weighted by Gasteiger charge is 2.56. The summed E-state index contributed by atoms with van der Waals surface area (Å²) in [6.45, 7) is 1.99. The second-order valence-corrected chi connectivity index (χ2v) is 8.51. The van der Waals surface area contributed by atoms with E-state index >= 15 is 0 Å². The van der Waals surface area contributed by atoms with Crippen molar-refractivity contribution < 1.29 is 9.59 Å². The fourth-order valence-electron chi connectivity index (χ4n) is 5.45. The van der Waals surface area contributed by atoms with E-state index in [1.807, 2.05) is 67.6 Å². The van der Waals surface area contributed by atoms with Gasteiger partial charge in [-0.25, -0.2) is 0 Å². The number of carbonyl (C=O) groups excluding carboxylic acids is 2. The number of nitrogens with zero attached hydrogens (tertiary/aromatic N) is 1. The third-order valence-corrected chi connectivity index (χ3v) is 6.77. The van der Waals surface area contributed by atoms with Crippen LogP contribution in [0.15, 0.2) is 84.9 Å². The van der Waals surface area contributed by atoms with Crippen molar-refractivity contribution in [3.8, 4) is 0 Å². The molecular formula is C27H25NO2. The average Bonchev–Trinajstić information content (AvgIpc) is 3.05. The predicted octanol–water partition coefficient (Wildman–Crippen LogP) is 5.46. The molecular weight excluding hydrogens is 370 g/mol. The molecule has 2 aliphatic rings. The number of hydrogen-bond acceptors (Lipinski definition) is 2. The lowest BCUT2D eigenvalue weighted by molar-refractivity contribution is -0.122. The minimum absolute atomic E-state index is 0.0508. The Balaban J connectivity index is 1.61. The summed E-state index contributed by atoms with van der Waals surface area (Å²) >= 11 is 0. The largest absolute Gasteiger partial charge is 0.274 e. The molecule has 1 aliphatic carbocycles. The number of hydrogen-bond donors (Lipinski definition) is 0. The third kappa shape index (κ3) is 3.06. The molecule has 0 radical (unpaired) electrons. The number of imide groups is 1. The van der Waals surface area contributed by atoms with Crippen molar-refractivity contribution >= 4 is 17.5 Å². The van der Waals surface area contributed by atoms with Gasteiger partial charge in [0.2, 0.25) is 11.8 Å². The van der Waals surface area contributed by atoms with E-state index in [2.05, 4.69) is 24.3 Å². The van der Waals surface area contributed by atoms with E-state index in [4.69, 9.17) is 0 Å². The topological polar surface area (TPSA) is 37.4 Å². The van der Waals surface area contributed by atoms with Gasteiger partial charge in [0, 0.05) is 0 Å². The maximum atomic E-state index is 13.7. The summed E-state index contributed by atoms with van der Waals surface area (Å²) in [5.41, 5.74) is 4.05. The van der Waals surface area contributed by atoms with Crippen LogP contribution in [-0.2, 0) is 9.59 Å². The van der Waals surface area contributed by atoms with Gasteiger partial charge in [-0.05, 0) is 60.4 Å². The number of amides is 2. The lowest BCUT2D eigenvalue weighted by atomic mass is 9.64. The summed E-state index contributed by atoms with van der Waals surface area (Å²) in [4.78, 5) is 28.9. The van der Waals surface area contributed by atoms with Crippen LogP contribution in [0.3, 0.4) is 0 Å². The molecule has 0 N–H and O–H groups in total. The summed E-state index contributed by atoms with van der Waals surface area (Å²) in [6.07, 6.45) is 1.82. The second kappa shape index (κ2) is 7.56. The Morgan fingerprint density at radius 1 is 0.667 bits per heavy atom. The van der Waals surface area contributed by atoms with Gasteiger partial charge in [0.1, 0.15) is 0 Å². The van der Waals surface area contributed by atoms with Crippen LogP contribution in [0, 0.1) is 18.8 Å². The van der Waals surface area contributed by atoms with E-state index in [-0.39, 0.29) is 35.5 Å². The molecule has 0 spiro atoms. The lowest BCUT2D eigenvalue weighted by Gasteiger charge is -2.37. The fraction of sp³-hybridized carbons (Fsp3) is 0.259. The number of benzene rings is 3. The van der Waals surface area contributed by atoms with Crippen LogP contribution < -0.4 is 4.90 Å². The van der Waals surface area contributed by atoms with Crippen molar-refractivity contribution in [1.29, 1.82) is 0 Å². The third-order valence-electron chi connectivity index (χ3n) is 6.77. The molecule has 0 aromatic heterocycles. The molecule has 1 aliphatic heterocycles. The summed E-state index contributed by atoms with van der Waals surface area (Å²) < 4.78 is 0. The highest BCUT2D eigenvalue weighted by atomic mass is 16.2. The van der Waals surface area contributed by atoms with Gasteiger partial charge in [-0.2, -0.15) is 0 Å². The van der Waals surface area contributed by atoms with Gasteiger partial charge < -0.3 is 0 Å². The number of rotatable bonds is 3. The average molecular weight is 396 g/mol. The van der Waals surface area contributed by atoms with Crippen molar-refractivity contribution in [3.63, 3.8) is 0 Å². The molecule has 2 amide bonds. The van der Waals surface area contributed by atoms with E-state index < -0.39 is 0 Å². The smallest absolute Gasteiger partial charge is 0.238 e. The zero-order valence-corrected chi connectivity index (χ0v) is 17.1. The molecule has 2 fully saturated rings. The Labute approximate surface area is 177 Å². The molecule has 1 heterocycles. The van der Waals surface area contributed by atoms with Crippen LogP contribution in [0.5, 0.6) is 0 Å². The first-order valence-electron chi connectivity index (χ1n) is 10.7. The Bertz CT molecular complexity index is 1010. The zero-order valence-electron chi connectivity index (χ0n) is 17.1. The summed E-state index contributed by atoms with van der Waals surface area (Å²) in [5, 5.41) is 0.